The Hall–Kier alpha value is -2.18. The van der Waals surface area contributed by atoms with Crippen LogP contribution in [0.4, 0.5) is 5.69 Å². The highest BCUT2D eigenvalue weighted by atomic mass is 32.2. The van der Waals surface area contributed by atoms with Gasteiger partial charge in [-0.25, -0.2) is 13.1 Å². The minimum Gasteiger partial charge on any atom is -0.311 e. The van der Waals surface area contributed by atoms with Gasteiger partial charge in [-0.1, -0.05) is 24.3 Å². The molecule has 0 aliphatic carbocycles. The van der Waals surface area contributed by atoms with Gasteiger partial charge in [0.15, 0.2) is 0 Å². The number of carbonyl (C=O) groups excluding carboxylic acids is 1. The highest BCUT2D eigenvalue weighted by Gasteiger charge is 2.26. The third-order valence-electron chi connectivity index (χ3n) is 4.34. The van der Waals surface area contributed by atoms with Gasteiger partial charge < -0.3 is 4.90 Å². The second-order valence-corrected chi connectivity index (χ2v) is 7.76. The molecule has 1 N–H and O–H groups in total. The monoisotopic (exact) mass is 344 g/mol. The Balaban J connectivity index is 1.68. The van der Waals surface area contributed by atoms with Crippen LogP contribution in [-0.2, 0) is 21.2 Å². The summed E-state index contributed by atoms with van der Waals surface area (Å²) in [7, 11) is -3.57. The van der Waals surface area contributed by atoms with Gasteiger partial charge in [-0.2, -0.15) is 0 Å². The zero-order valence-corrected chi connectivity index (χ0v) is 14.6. The van der Waals surface area contributed by atoms with E-state index < -0.39 is 10.0 Å². The van der Waals surface area contributed by atoms with E-state index in [1.165, 1.54) is 0 Å². The Bertz CT molecular complexity index is 891. The summed E-state index contributed by atoms with van der Waals surface area (Å²) >= 11 is 0. The normalized spacial score (nSPS) is 14.1. The highest BCUT2D eigenvalue weighted by Crippen LogP contribution is 2.27. The molecule has 2 aromatic rings. The number of rotatable bonds is 5. The molecule has 0 spiro atoms. The van der Waals surface area contributed by atoms with Gasteiger partial charge in [0, 0.05) is 18.8 Å². The number of nitrogens with zero attached hydrogens (tertiary/aromatic N) is 1. The molecule has 5 nitrogen and oxygen atoms in total. The summed E-state index contributed by atoms with van der Waals surface area (Å²) in [5.41, 5.74) is 3.84. The fourth-order valence-electron chi connectivity index (χ4n) is 2.82. The number of amides is 1. The first kappa shape index (κ1) is 16.7. The van der Waals surface area contributed by atoms with Crippen molar-refractivity contribution in [3.05, 3.63) is 59.2 Å². The van der Waals surface area contributed by atoms with Crippen LogP contribution in [0.2, 0.25) is 0 Å². The summed E-state index contributed by atoms with van der Waals surface area (Å²) in [6.07, 6.45) is 0.375. The molecule has 0 aromatic heterocycles. The van der Waals surface area contributed by atoms with Gasteiger partial charge in [0.2, 0.25) is 15.9 Å². The molecule has 3 rings (SSSR count). The number of sulfonamides is 1. The molecule has 0 atom stereocenters. The van der Waals surface area contributed by atoms with E-state index in [-0.39, 0.29) is 17.3 Å². The van der Waals surface area contributed by atoms with E-state index >= 15 is 0 Å². The molecule has 0 bridgehead atoms. The largest absolute Gasteiger partial charge is 0.311 e. The first-order valence-corrected chi connectivity index (χ1v) is 9.32. The van der Waals surface area contributed by atoms with Gasteiger partial charge >= 0.3 is 0 Å². The smallest absolute Gasteiger partial charge is 0.240 e. The van der Waals surface area contributed by atoms with Gasteiger partial charge in [0.05, 0.1) is 11.3 Å². The van der Waals surface area contributed by atoms with Crippen LogP contribution in [0.1, 0.15) is 16.7 Å². The van der Waals surface area contributed by atoms with Crippen LogP contribution in [0.15, 0.2) is 47.4 Å². The maximum Gasteiger partial charge on any atom is 0.240 e. The lowest BCUT2D eigenvalue weighted by atomic mass is 10.1. The summed E-state index contributed by atoms with van der Waals surface area (Å²) in [5.74, 6) is 0.00146. The molecule has 1 amide bonds. The van der Waals surface area contributed by atoms with E-state index in [9.17, 15) is 13.2 Å². The Morgan fingerprint density at radius 3 is 2.58 bits per heavy atom. The van der Waals surface area contributed by atoms with Gasteiger partial charge in [-0.3, -0.25) is 4.79 Å². The summed E-state index contributed by atoms with van der Waals surface area (Å²) < 4.78 is 27.3. The van der Waals surface area contributed by atoms with E-state index in [1.807, 2.05) is 38.1 Å². The second-order valence-electron chi connectivity index (χ2n) is 5.99. The van der Waals surface area contributed by atoms with Crippen molar-refractivity contribution >= 4 is 21.6 Å². The van der Waals surface area contributed by atoms with E-state index in [4.69, 9.17) is 0 Å². The van der Waals surface area contributed by atoms with E-state index in [1.54, 1.807) is 23.1 Å². The minimum absolute atomic E-state index is 0.00146. The number of benzene rings is 2. The number of anilines is 1. The first-order chi connectivity index (χ1) is 11.4. The predicted molar refractivity (Wildman–Crippen MR) is 93.6 cm³/mol. The molecule has 24 heavy (non-hydrogen) atoms. The molecule has 2 aromatic carbocycles. The molecule has 0 saturated heterocycles. The summed E-state index contributed by atoms with van der Waals surface area (Å²) in [6.45, 7) is 4.32. The fourth-order valence-corrected chi connectivity index (χ4v) is 3.92. The Morgan fingerprint density at radius 1 is 1.08 bits per heavy atom. The Labute approximate surface area is 142 Å². The molecule has 0 unspecified atom stereocenters. The van der Waals surface area contributed by atoms with Gasteiger partial charge in [0.25, 0.3) is 0 Å². The molecule has 0 saturated carbocycles. The van der Waals surface area contributed by atoms with Crippen LogP contribution >= 0.6 is 0 Å². The molecular formula is C18H20N2O3S. The number of fused-ring (bicyclic) bond motifs is 1. The Morgan fingerprint density at radius 2 is 1.83 bits per heavy atom. The molecular weight excluding hydrogens is 324 g/mol. The maximum absolute atomic E-state index is 12.4. The maximum atomic E-state index is 12.4. The predicted octanol–water partition coefficient (Wildman–Crippen LogP) is 2.17. The number of hydrogen-bond acceptors (Lipinski definition) is 3. The minimum atomic E-state index is -3.57. The SMILES string of the molecule is Cc1ccc(S(=O)(=O)NCCN2C(=O)Cc3ccccc32)cc1C. The number of nitrogens with one attached hydrogen (secondary N) is 1. The molecule has 0 fully saturated rings. The number of carbonyl (C=O) groups is 1. The molecule has 6 heteroatoms. The van der Waals surface area contributed by atoms with Crippen molar-refractivity contribution in [3.8, 4) is 0 Å². The van der Waals surface area contributed by atoms with Crippen molar-refractivity contribution in [1.29, 1.82) is 0 Å². The second kappa shape index (κ2) is 6.37. The molecule has 126 valence electrons. The standard InChI is InChI=1S/C18H20N2O3S/c1-13-7-8-16(11-14(13)2)24(22,23)19-9-10-20-17-6-4-3-5-15(17)12-18(20)21/h3-8,11,19H,9-10,12H2,1-2H3. The number of hydrogen-bond donors (Lipinski definition) is 1. The quantitative estimate of drug-likeness (QED) is 0.904. The lowest BCUT2D eigenvalue weighted by molar-refractivity contribution is -0.117. The van der Waals surface area contributed by atoms with Crippen molar-refractivity contribution < 1.29 is 13.2 Å². The van der Waals surface area contributed by atoms with Crippen LogP contribution in [0.3, 0.4) is 0 Å². The zero-order chi connectivity index (χ0) is 17.3. The van der Waals surface area contributed by atoms with Crippen LogP contribution in [0, 0.1) is 13.8 Å². The summed E-state index contributed by atoms with van der Waals surface area (Å²) in [5, 5.41) is 0. The molecule has 1 aliphatic rings. The van der Waals surface area contributed by atoms with Gasteiger partial charge in [-0.15, -0.1) is 0 Å². The van der Waals surface area contributed by atoms with Crippen molar-refractivity contribution in [1.82, 2.24) is 4.72 Å². The van der Waals surface area contributed by atoms with Crippen molar-refractivity contribution in [2.24, 2.45) is 0 Å². The Kier molecular flexibility index (Phi) is 4.43. The van der Waals surface area contributed by atoms with E-state index in [0.717, 1.165) is 22.4 Å². The van der Waals surface area contributed by atoms with Crippen LogP contribution in [-0.4, -0.2) is 27.4 Å². The first-order valence-electron chi connectivity index (χ1n) is 7.84. The summed E-state index contributed by atoms with van der Waals surface area (Å²) in [6, 6.07) is 12.6. The molecule has 1 heterocycles. The number of para-hydroxylation sites is 1. The average Bonchev–Trinajstić information content (AvgIpc) is 2.86. The fraction of sp³-hybridized carbons (Fsp3) is 0.278. The highest BCUT2D eigenvalue weighted by molar-refractivity contribution is 7.89. The lowest BCUT2D eigenvalue weighted by Gasteiger charge is -2.18. The van der Waals surface area contributed by atoms with Crippen molar-refractivity contribution in [3.63, 3.8) is 0 Å². The van der Waals surface area contributed by atoms with E-state index in [0.29, 0.717) is 13.0 Å². The van der Waals surface area contributed by atoms with Gasteiger partial charge in [-0.05, 0) is 48.7 Å². The van der Waals surface area contributed by atoms with Crippen LogP contribution in [0.5, 0.6) is 0 Å². The van der Waals surface area contributed by atoms with Crippen LogP contribution in [0.25, 0.3) is 0 Å². The van der Waals surface area contributed by atoms with E-state index in [2.05, 4.69) is 4.72 Å². The van der Waals surface area contributed by atoms with Crippen LogP contribution < -0.4 is 9.62 Å². The zero-order valence-electron chi connectivity index (χ0n) is 13.7. The van der Waals surface area contributed by atoms with Gasteiger partial charge in [0.1, 0.15) is 0 Å². The third kappa shape index (κ3) is 3.20. The number of aryl methyl sites for hydroxylation is 2. The topological polar surface area (TPSA) is 66.5 Å². The third-order valence-corrected chi connectivity index (χ3v) is 5.80. The average molecular weight is 344 g/mol. The van der Waals surface area contributed by atoms with Crippen molar-refractivity contribution in [2.75, 3.05) is 18.0 Å². The molecule has 0 radical (unpaired) electrons. The molecule has 1 aliphatic heterocycles. The van der Waals surface area contributed by atoms with Crippen molar-refractivity contribution in [2.45, 2.75) is 25.2 Å². The lowest BCUT2D eigenvalue weighted by Crippen LogP contribution is -2.36. The summed E-state index contributed by atoms with van der Waals surface area (Å²) in [4.78, 5) is 14.0.